The fourth-order valence-corrected chi connectivity index (χ4v) is 6.67. The highest BCUT2D eigenvalue weighted by Gasteiger charge is 2.48. The summed E-state index contributed by atoms with van der Waals surface area (Å²) in [5.41, 5.74) is 1.65. The van der Waals surface area contributed by atoms with Crippen LogP contribution in [0.2, 0.25) is 0 Å². The van der Waals surface area contributed by atoms with Crippen LogP contribution in [-0.4, -0.2) is 27.0 Å². The molecular weight excluding hydrogens is 564 g/mol. The van der Waals surface area contributed by atoms with Crippen molar-refractivity contribution < 1.29 is 23.5 Å². The first-order valence-corrected chi connectivity index (χ1v) is 14.4. The summed E-state index contributed by atoms with van der Waals surface area (Å²) in [5, 5.41) is 22.0. The van der Waals surface area contributed by atoms with Gasteiger partial charge in [-0.25, -0.2) is 8.78 Å². The summed E-state index contributed by atoms with van der Waals surface area (Å²) in [6, 6.07) is 22.3. The number of carbonyl (C=O) groups is 2. The van der Waals surface area contributed by atoms with Gasteiger partial charge in [0.15, 0.2) is 4.34 Å². The number of benzene rings is 4. The number of thioether (sulfide) groups is 1. The SMILES string of the molecule is Cc1ccc(/C(O)=C2\C(=O)C(=O)N(c3nnc(SCc4cccc5ccccc45)s3)C2c2ccc(F)cc2)cc1F. The number of aliphatic hydroxyl groups is 1. The van der Waals surface area contributed by atoms with Gasteiger partial charge in [-0.1, -0.05) is 89.8 Å². The topological polar surface area (TPSA) is 83.4 Å². The van der Waals surface area contributed by atoms with Crippen LogP contribution in [-0.2, 0) is 15.3 Å². The molecule has 1 unspecified atom stereocenters. The van der Waals surface area contributed by atoms with Crippen molar-refractivity contribution in [3.63, 3.8) is 0 Å². The molecule has 10 heteroatoms. The number of ketones is 1. The Morgan fingerprint density at radius 2 is 1.73 bits per heavy atom. The van der Waals surface area contributed by atoms with Crippen LogP contribution in [0.1, 0.15) is 28.3 Å². The van der Waals surface area contributed by atoms with Crippen molar-refractivity contribution in [1.29, 1.82) is 0 Å². The minimum Gasteiger partial charge on any atom is -0.507 e. The highest BCUT2D eigenvalue weighted by Crippen LogP contribution is 2.44. The molecule has 1 aliphatic rings. The van der Waals surface area contributed by atoms with Gasteiger partial charge in [0.1, 0.15) is 17.4 Å². The molecule has 0 bridgehead atoms. The molecule has 0 radical (unpaired) electrons. The molecule has 1 N–H and O–H groups in total. The Hall–Kier alpha value is -4.41. The van der Waals surface area contributed by atoms with Crippen LogP contribution in [0, 0.1) is 18.6 Å². The molecule has 4 aromatic carbocycles. The van der Waals surface area contributed by atoms with E-state index in [4.69, 9.17) is 0 Å². The normalized spacial score (nSPS) is 16.6. The van der Waals surface area contributed by atoms with Gasteiger partial charge in [-0.3, -0.25) is 14.5 Å². The lowest BCUT2D eigenvalue weighted by Crippen LogP contribution is -2.29. The van der Waals surface area contributed by atoms with Crippen LogP contribution in [0.4, 0.5) is 13.9 Å². The summed E-state index contributed by atoms with van der Waals surface area (Å²) in [5.74, 6) is -2.88. The van der Waals surface area contributed by atoms with Gasteiger partial charge in [0.05, 0.1) is 11.6 Å². The van der Waals surface area contributed by atoms with Gasteiger partial charge in [0.25, 0.3) is 5.78 Å². The van der Waals surface area contributed by atoms with Gasteiger partial charge < -0.3 is 5.11 Å². The number of amides is 1. The lowest BCUT2D eigenvalue weighted by atomic mass is 9.95. The Morgan fingerprint density at radius 3 is 2.51 bits per heavy atom. The number of halogens is 2. The van der Waals surface area contributed by atoms with Crippen LogP contribution < -0.4 is 4.90 Å². The lowest BCUT2D eigenvalue weighted by molar-refractivity contribution is -0.132. The van der Waals surface area contributed by atoms with E-state index in [-0.39, 0.29) is 16.3 Å². The quantitative estimate of drug-likeness (QED) is 0.0746. The van der Waals surface area contributed by atoms with Crippen LogP contribution in [0.3, 0.4) is 0 Å². The molecule has 41 heavy (non-hydrogen) atoms. The summed E-state index contributed by atoms with van der Waals surface area (Å²) in [6.45, 7) is 1.57. The fraction of sp³-hybridized carbons (Fsp3) is 0.0968. The zero-order chi connectivity index (χ0) is 28.7. The monoisotopic (exact) mass is 585 g/mol. The van der Waals surface area contributed by atoms with Gasteiger partial charge in [-0.2, -0.15) is 0 Å². The number of fused-ring (bicyclic) bond motifs is 1. The lowest BCUT2D eigenvalue weighted by Gasteiger charge is -2.22. The average Bonchev–Trinajstić information content (AvgIpc) is 3.55. The van der Waals surface area contributed by atoms with Crippen molar-refractivity contribution in [2.45, 2.75) is 23.1 Å². The number of aromatic nitrogens is 2. The molecule has 2 heterocycles. The van der Waals surface area contributed by atoms with Gasteiger partial charge in [-0.05, 0) is 52.6 Å². The standard InChI is InChI=1S/C31H21F2N3O3S2/c1-17-9-10-20(15-24(17)33)27(37)25-26(19-11-13-22(32)14-12-19)36(29(39)28(25)38)30-34-35-31(41-30)40-16-21-7-4-6-18-5-2-3-8-23(18)21/h2-15,26,37H,16H2,1H3/b27-25+. The molecule has 0 saturated carbocycles. The molecule has 1 fully saturated rings. The van der Waals surface area contributed by atoms with Crippen LogP contribution >= 0.6 is 23.1 Å². The van der Waals surface area contributed by atoms with Crippen molar-refractivity contribution in [2.24, 2.45) is 0 Å². The molecule has 1 atom stereocenters. The Balaban J connectivity index is 1.37. The van der Waals surface area contributed by atoms with E-state index in [1.54, 1.807) is 6.92 Å². The van der Waals surface area contributed by atoms with E-state index < -0.39 is 35.1 Å². The van der Waals surface area contributed by atoms with Crippen molar-refractivity contribution in [2.75, 3.05) is 4.90 Å². The van der Waals surface area contributed by atoms with E-state index in [2.05, 4.69) is 16.3 Å². The highest BCUT2D eigenvalue weighted by molar-refractivity contribution is 8.00. The maximum Gasteiger partial charge on any atom is 0.301 e. The summed E-state index contributed by atoms with van der Waals surface area (Å²) < 4.78 is 28.7. The van der Waals surface area contributed by atoms with Gasteiger partial charge in [-0.15, -0.1) is 10.2 Å². The maximum atomic E-state index is 14.3. The number of nitrogens with zero attached hydrogens (tertiary/aromatic N) is 3. The minimum absolute atomic E-state index is 0.0433. The summed E-state index contributed by atoms with van der Waals surface area (Å²) in [7, 11) is 0. The summed E-state index contributed by atoms with van der Waals surface area (Å²) >= 11 is 2.58. The predicted molar refractivity (Wildman–Crippen MR) is 156 cm³/mol. The number of aliphatic hydroxyl groups excluding tert-OH is 1. The molecular formula is C31H21F2N3O3S2. The molecule has 5 aromatic rings. The molecule has 1 aliphatic heterocycles. The number of anilines is 1. The molecule has 1 amide bonds. The second kappa shape index (κ2) is 10.9. The summed E-state index contributed by atoms with van der Waals surface area (Å²) in [6.07, 6.45) is 0. The smallest absolute Gasteiger partial charge is 0.301 e. The van der Waals surface area contributed by atoms with E-state index in [0.717, 1.165) is 38.6 Å². The van der Waals surface area contributed by atoms with Crippen LogP contribution in [0.15, 0.2) is 94.8 Å². The number of aryl methyl sites for hydroxylation is 1. The number of hydrogen-bond donors (Lipinski definition) is 1. The van der Waals surface area contributed by atoms with Crippen LogP contribution in [0.5, 0.6) is 0 Å². The van der Waals surface area contributed by atoms with E-state index in [9.17, 15) is 23.5 Å². The van der Waals surface area contributed by atoms with Crippen molar-refractivity contribution in [1.82, 2.24) is 10.2 Å². The molecule has 0 spiro atoms. The van der Waals surface area contributed by atoms with Gasteiger partial charge in [0, 0.05) is 11.3 Å². The van der Waals surface area contributed by atoms with Crippen molar-refractivity contribution in [3.8, 4) is 0 Å². The van der Waals surface area contributed by atoms with Crippen LogP contribution in [0.25, 0.3) is 16.5 Å². The Morgan fingerprint density at radius 1 is 0.976 bits per heavy atom. The number of Topliss-reactive ketones (excluding diaryl/α,β-unsaturated/α-hetero) is 1. The van der Waals surface area contributed by atoms with E-state index in [1.807, 2.05) is 36.4 Å². The van der Waals surface area contributed by atoms with E-state index in [1.165, 1.54) is 48.2 Å². The Bertz CT molecular complexity index is 1850. The first kappa shape index (κ1) is 26.8. The molecule has 6 rings (SSSR count). The predicted octanol–water partition coefficient (Wildman–Crippen LogP) is 7.20. The third-order valence-electron chi connectivity index (χ3n) is 6.91. The third-order valence-corrected chi connectivity index (χ3v) is 9.01. The molecule has 0 aliphatic carbocycles. The molecule has 6 nitrogen and oxygen atoms in total. The maximum absolute atomic E-state index is 14.3. The highest BCUT2D eigenvalue weighted by atomic mass is 32.2. The van der Waals surface area contributed by atoms with Gasteiger partial charge in [0.2, 0.25) is 5.13 Å². The van der Waals surface area contributed by atoms with E-state index in [0.29, 0.717) is 21.2 Å². The zero-order valence-electron chi connectivity index (χ0n) is 21.5. The first-order chi connectivity index (χ1) is 19.8. The second-order valence-electron chi connectivity index (χ2n) is 9.46. The largest absolute Gasteiger partial charge is 0.507 e. The first-order valence-electron chi connectivity index (χ1n) is 12.6. The van der Waals surface area contributed by atoms with Crippen molar-refractivity contribution in [3.05, 3.63) is 124 Å². The summed E-state index contributed by atoms with van der Waals surface area (Å²) in [4.78, 5) is 27.9. The van der Waals surface area contributed by atoms with Gasteiger partial charge >= 0.3 is 5.91 Å². The molecule has 1 aromatic heterocycles. The zero-order valence-corrected chi connectivity index (χ0v) is 23.2. The number of carbonyl (C=O) groups excluding carboxylic acids is 2. The number of rotatable bonds is 6. The van der Waals surface area contributed by atoms with Crippen molar-refractivity contribution >= 4 is 56.5 Å². The average molecular weight is 586 g/mol. The fourth-order valence-electron chi connectivity index (χ4n) is 4.80. The van der Waals surface area contributed by atoms with E-state index >= 15 is 0 Å². The Kier molecular flexibility index (Phi) is 7.10. The number of hydrogen-bond acceptors (Lipinski definition) is 7. The Labute approximate surface area is 242 Å². The minimum atomic E-state index is -1.12. The second-order valence-corrected chi connectivity index (χ2v) is 11.6. The third kappa shape index (κ3) is 5.00. The molecule has 1 saturated heterocycles. The molecule has 204 valence electrons.